The van der Waals surface area contributed by atoms with Crippen molar-refractivity contribution < 1.29 is 18.0 Å². The number of hydrogen-bond donors (Lipinski definition) is 0. The van der Waals surface area contributed by atoms with Gasteiger partial charge in [-0.25, -0.2) is 0 Å². The zero-order valence-corrected chi connectivity index (χ0v) is 14.0. The number of alkyl halides is 3. The van der Waals surface area contributed by atoms with Gasteiger partial charge in [0.1, 0.15) is 6.61 Å². The van der Waals surface area contributed by atoms with Gasteiger partial charge in [0.2, 0.25) is 0 Å². The fourth-order valence-electron chi connectivity index (χ4n) is 2.17. The second kappa shape index (κ2) is 8.04. The van der Waals surface area contributed by atoms with Crippen LogP contribution >= 0.6 is 11.6 Å². The van der Waals surface area contributed by atoms with Gasteiger partial charge in [-0.1, -0.05) is 35.8 Å². The zero-order valence-electron chi connectivity index (χ0n) is 13.3. The molecule has 0 radical (unpaired) electrons. The summed E-state index contributed by atoms with van der Waals surface area (Å²) >= 11 is 5.84. The van der Waals surface area contributed by atoms with Gasteiger partial charge in [0.25, 0.3) is 0 Å². The van der Waals surface area contributed by atoms with Gasteiger partial charge in [0.05, 0.1) is 22.9 Å². The Morgan fingerprint density at radius 1 is 1.20 bits per heavy atom. The SMILES string of the molecule is CC/C(=N\OCc1ccc(C#N)cc1)c1cc(Cl)ccc1C(F)(F)F. The molecule has 0 amide bonds. The quantitative estimate of drug-likeness (QED) is 0.513. The van der Waals surface area contributed by atoms with Crippen LogP contribution in [0.4, 0.5) is 13.2 Å². The van der Waals surface area contributed by atoms with Crippen molar-refractivity contribution in [2.45, 2.75) is 26.1 Å². The summed E-state index contributed by atoms with van der Waals surface area (Å²) < 4.78 is 39.5. The van der Waals surface area contributed by atoms with E-state index in [0.29, 0.717) is 5.56 Å². The van der Waals surface area contributed by atoms with Gasteiger partial charge in [-0.3, -0.25) is 0 Å². The lowest BCUT2D eigenvalue weighted by atomic mass is 10.0. The maximum atomic E-state index is 13.2. The van der Waals surface area contributed by atoms with Gasteiger partial charge in [0, 0.05) is 10.6 Å². The lowest BCUT2D eigenvalue weighted by Gasteiger charge is -2.14. The molecule has 3 nitrogen and oxygen atoms in total. The summed E-state index contributed by atoms with van der Waals surface area (Å²) in [6.07, 6.45) is -4.26. The van der Waals surface area contributed by atoms with Crippen LogP contribution in [0.15, 0.2) is 47.6 Å². The second-order valence-electron chi connectivity index (χ2n) is 5.16. The molecule has 0 aliphatic heterocycles. The molecule has 0 aliphatic rings. The average molecular weight is 367 g/mol. The molecule has 0 aliphatic carbocycles. The second-order valence-corrected chi connectivity index (χ2v) is 5.60. The zero-order chi connectivity index (χ0) is 18.4. The van der Waals surface area contributed by atoms with Crippen molar-refractivity contribution in [1.82, 2.24) is 0 Å². The van der Waals surface area contributed by atoms with Gasteiger partial charge < -0.3 is 4.84 Å². The summed E-state index contributed by atoms with van der Waals surface area (Å²) in [7, 11) is 0. The molecule has 2 aromatic rings. The number of hydrogen-bond acceptors (Lipinski definition) is 3. The molecule has 0 aromatic heterocycles. The van der Waals surface area contributed by atoms with E-state index in [1.54, 1.807) is 31.2 Å². The summed E-state index contributed by atoms with van der Waals surface area (Å²) in [5.74, 6) is 0. The third-order valence-electron chi connectivity index (χ3n) is 3.42. The molecular formula is C18H14ClF3N2O. The Morgan fingerprint density at radius 2 is 1.88 bits per heavy atom. The largest absolute Gasteiger partial charge is 0.417 e. The lowest BCUT2D eigenvalue weighted by molar-refractivity contribution is -0.137. The Labute approximate surface area is 148 Å². The highest BCUT2D eigenvalue weighted by molar-refractivity contribution is 6.31. The molecule has 0 N–H and O–H groups in total. The monoisotopic (exact) mass is 366 g/mol. The number of halogens is 4. The molecule has 0 atom stereocenters. The summed E-state index contributed by atoms with van der Waals surface area (Å²) in [5.41, 5.74) is 0.515. The molecule has 0 unspecified atom stereocenters. The molecule has 7 heteroatoms. The van der Waals surface area contributed by atoms with Crippen LogP contribution in [-0.4, -0.2) is 5.71 Å². The van der Waals surface area contributed by atoms with Gasteiger partial charge in [-0.05, 0) is 42.3 Å². The van der Waals surface area contributed by atoms with E-state index in [0.717, 1.165) is 11.6 Å². The van der Waals surface area contributed by atoms with E-state index < -0.39 is 11.7 Å². The van der Waals surface area contributed by atoms with E-state index in [-0.39, 0.29) is 29.3 Å². The van der Waals surface area contributed by atoms with Gasteiger partial charge in [-0.15, -0.1) is 0 Å². The molecule has 0 bridgehead atoms. The summed E-state index contributed by atoms with van der Waals surface area (Å²) in [4.78, 5) is 5.20. The minimum atomic E-state index is -4.51. The smallest absolute Gasteiger partial charge is 0.391 e. The van der Waals surface area contributed by atoms with E-state index >= 15 is 0 Å². The van der Waals surface area contributed by atoms with Gasteiger partial charge in [0.15, 0.2) is 0 Å². The first-order valence-electron chi connectivity index (χ1n) is 7.40. The van der Waals surface area contributed by atoms with Crippen LogP contribution in [-0.2, 0) is 17.6 Å². The topological polar surface area (TPSA) is 45.4 Å². The predicted molar refractivity (Wildman–Crippen MR) is 89.2 cm³/mol. The Hall–Kier alpha value is -2.52. The highest BCUT2D eigenvalue weighted by atomic mass is 35.5. The highest BCUT2D eigenvalue weighted by Gasteiger charge is 2.34. The van der Waals surface area contributed by atoms with Gasteiger partial charge >= 0.3 is 6.18 Å². The number of oxime groups is 1. The maximum absolute atomic E-state index is 13.2. The van der Waals surface area contributed by atoms with Crippen molar-refractivity contribution in [1.29, 1.82) is 5.26 Å². The highest BCUT2D eigenvalue weighted by Crippen LogP contribution is 2.34. The van der Waals surface area contributed by atoms with E-state index in [1.165, 1.54) is 12.1 Å². The number of nitriles is 1. The first-order valence-corrected chi connectivity index (χ1v) is 7.78. The Kier molecular flexibility index (Phi) is 6.05. The Balaban J connectivity index is 2.22. The lowest BCUT2D eigenvalue weighted by Crippen LogP contribution is -2.13. The first kappa shape index (κ1) is 18.8. The van der Waals surface area contributed by atoms with E-state index in [9.17, 15) is 13.2 Å². The molecule has 0 fully saturated rings. The fraction of sp³-hybridized carbons (Fsp3) is 0.222. The molecular weight excluding hydrogens is 353 g/mol. The summed E-state index contributed by atoms with van der Waals surface area (Å²) in [6.45, 7) is 1.77. The number of rotatable bonds is 5. The summed E-state index contributed by atoms with van der Waals surface area (Å²) in [6, 6.07) is 12.0. The molecule has 0 saturated heterocycles. The van der Waals surface area contributed by atoms with Crippen molar-refractivity contribution in [2.24, 2.45) is 5.16 Å². The molecule has 0 heterocycles. The van der Waals surface area contributed by atoms with Crippen molar-refractivity contribution in [2.75, 3.05) is 0 Å². The maximum Gasteiger partial charge on any atom is 0.417 e. The standard InChI is InChI=1S/C18H14ClF3N2O/c1-2-17(15-9-14(19)7-8-16(15)18(20,21)22)24-25-11-13-5-3-12(10-23)4-6-13/h3-9H,2,11H2,1H3/b24-17+. The van der Waals surface area contributed by atoms with Crippen molar-refractivity contribution in [3.05, 3.63) is 69.7 Å². The molecule has 2 aromatic carbocycles. The van der Waals surface area contributed by atoms with E-state index in [2.05, 4.69) is 5.16 Å². The van der Waals surface area contributed by atoms with Crippen LogP contribution in [0.3, 0.4) is 0 Å². The van der Waals surface area contributed by atoms with Crippen LogP contribution in [0.2, 0.25) is 5.02 Å². The van der Waals surface area contributed by atoms with Crippen molar-refractivity contribution in [3.63, 3.8) is 0 Å². The van der Waals surface area contributed by atoms with Gasteiger partial charge in [-0.2, -0.15) is 18.4 Å². The number of nitrogens with zero attached hydrogens (tertiary/aromatic N) is 2. The minimum Gasteiger partial charge on any atom is -0.391 e. The fourth-order valence-corrected chi connectivity index (χ4v) is 2.34. The molecule has 0 spiro atoms. The predicted octanol–water partition coefficient (Wildman–Crippen LogP) is 5.56. The molecule has 130 valence electrons. The third-order valence-corrected chi connectivity index (χ3v) is 3.66. The number of benzene rings is 2. The molecule has 0 saturated carbocycles. The first-order chi connectivity index (χ1) is 11.8. The average Bonchev–Trinajstić information content (AvgIpc) is 2.58. The molecule has 2 rings (SSSR count). The Bertz CT molecular complexity index is 809. The van der Waals surface area contributed by atoms with Crippen molar-refractivity contribution >= 4 is 17.3 Å². The van der Waals surface area contributed by atoms with Crippen LogP contribution in [0.5, 0.6) is 0 Å². The van der Waals surface area contributed by atoms with Crippen LogP contribution < -0.4 is 0 Å². The van der Waals surface area contributed by atoms with E-state index in [1.807, 2.05) is 6.07 Å². The van der Waals surface area contributed by atoms with Crippen LogP contribution in [0.25, 0.3) is 0 Å². The minimum absolute atomic E-state index is 0.0805. The van der Waals surface area contributed by atoms with Crippen molar-refractivity contribution in [3.8, 4) is 6.07 Å². The summed E-state index contributed by atoms with van der Waals surface area (Å²) in [5, 5.41) is 12.8. The van der Waals surface area contributed by atoms with E-state index in [4.69, 9.17) is 21.7 Å². The van der Waals surface area contributed by atoms with Crippen LogP contribution in [0, 0.1) is 11.3 Å². The molecule has 25 heavy (non-hydrogen) atoms. The normalized spacial score (nSPS) is 11.9. The van der Waals surface area contributed by atoms with Crippen LogP contribution in [0.1, 0.15) is 35.6 Å². The Morgan fingerprint density at radius 3 is 2.44 bits per heavy atom. The third kappa shape index (κ3) is 4.97.